The van der Waals surface area contributed by atoms with E-state index in [-0.39, 0.29) is 18.0 Å². The van der Waals surface area contributed by atoms with Crippen LogP contribution in [0.5, 0.6) is 5.75 Å². The lowest BCUT2D eigenvalue weighted by Gasteiger charge is -2.10. The summed E-state index contributed by atoms with van der Waals surface area (Å²) in [5.74, 6) is 0.444. The van der Waals surface area contributed by atoms with Crippen molar-refractivity contribution >= 4 is 5.91 Å². The average molecular weight is 363 g/mol. The molecule has 6 heteroatoms. The van der Waals surface area contributed by atoms with Gasteiger partial charge in [0.15, 0.2) is 0 Å². The molecule has 6 nitrogen and oxygen atoms in total. The number of aryl methyl sites for hydroxylation is 1. The molecule has 3 rings (SSSR count). The van der Waals surface area contributed by atoms with Gasteiger partial charge in [-0.1, -0.05) is 36.4 Å². The third-order valence-electron chi connectivity index (χ3n) is 4.20. The summed E-state index contributed by atoms with van der Waals surface area (Å²) in [6, 6.07) is 18.3. The molecule has 27 heavy (non-hydrogen) atoms. The van der Waals surface area contributed by atoms with E-state index in [0.717, 1.165) is 22.4 Å². The number of nitrogens with zero attached hydrogens (tertiary/aromatic N) is 2. The van der Waals surface area contributed by atoms with Gasteiger partial charge < -0.3 is 10.1 Å². The van der Waals surface area contributed by atoms with Crippen LogP contribution >= 0.6 is 0 Å². The predicted molar refractivity (Wildman–Crippen MR) is 104 cm³/mol. The first kappa shape index (κ1) is 18.4. The molecule has 1 aromatic heterocycles. The monoisotopic (exact) mass is 363 g/mol. The number of hydrogen-bond donors (Lipinski definition) is 1. The van der Waals surface area contributed by atoms with Gasteiger partial charge in [-0.3, -0.25) is 9.59 Å². The zero-order valence-corrected chi connectivity index (χ0v) is 15.3. The Morgan fingerprint density at radius 1 is 1.11 bits per heavy atom. The van der Waals surface area contributed by atoms with Crippen LogP contribution in [0, 0.1) is 6.92 Å². The van der Waals surface area contributed by atoms with Crippen LogP contribution in [0.25, 0.3) is 11.3 Å². The van der Waals surface area contributed by atoms with Crippen LogP contribution < -0.4 is 15.6 Å². The lowest BCUT2D eigenvalue weighted by molar-refractivity contribution is -0.122. The van der Waals surface area contributed by atoms with Crippen molar-refractivity contribution < 1.29 is 9.53 Å². The topological polar surface area (TPSA) is 73.2 Å². The Kier molecular flexibility index (Phi) is 5.66. The maximum Gasteiger partial charge on any atom is 0.267 e. The van der Waals surface area contributed by atoms with Crippen molar-refractivity contribution in [1.29, 1.82) is 0 Å². The summed E-state index contributed by atoms with van der Waals surface area (Å²) in [7, 11) is 1.59. The summed E-state index contributed by atoms with van der Waals surface area (Å²) in [5, 5.41) is 7.15. The van der Waals surface area contributed by atoms with Gasteiger partial charge in [-0.25, -0.2) is 4.68 Å². The molecule has 0 unspecified atom stereocenters. The van der Waals surface area contributed by atoms with Crippen molar-refractivity contribution in [2.75, 3.05) is 7.11 Å². The number of rotatable bonds is 6. The van der Waals surface area contributed by atoms with Crippen molar-refractivity contribution in [2.24, 2.45) is 0 Å². The normalized spacial score (nSPS) is 10.4. The van der Waals surface area contributed by atoms with Crippen LogP contribution in [0.1, 0.15) is 11.1 Å². The SMILES string of the molecule is COc1cccc(CNC(=O)Cn2nc(-c3ccccc3C)ccc2=O)c1. The van der Waals surface area contributed by atoms with Gasteiger partial charge >= 0.3 is 0 Å². The molecule has 0 aliphatic rings. The van der Waals surface area contributed by atoms with Crippen LogP contribution in [0.4, 0.5) is 0 Å². The van der Waals surface area contributed by atoms with Crippen molar-refractivity contribution in [2.45, 2.75) is 20.0 Å². The van der Waals surface area contributed by atoms with E-state index >= 15 is 0 Å². The molecule has 0 aliphatic heterocycles. The Labute approximate surface area is 157 Å². The minimum Gasteiger partial charge on any atom is -0.497 e. The summed E-state index contributed by atoms with van der Waals surface area (Å²) in [5.41, 5.74) is 3.24. The highest BCUT2D eigenvalue weighted by Crippen LogP contribution is 2.19. The first-order valence-corrected chi connectivity index (χ1v) is 8.60. The van der Waals surface area contributed by atoms with Gasteiger partial charge in [0, 0.05) is 18.2 Å². The standard InChI is InChI=1S/C21H21N3O3/c1-15-6-3-4-9-18(15)19-10-11-21(26)24(23-19)14-20(25)22-13-16-7-5-8-17(12-16)27-2/h3-12H,13-14H2,1-2H3,(H,22,25). The second kappa shape index (κ2) is 8.31. The third-order valence-corrected chi connectivity index (χ3v) is 4.20. The minimum absolute atomic E-state index is 0.136. The second-order valence-corrected chi connectivity index (χ2v) is 6.16. The van der Waals surface area contributed by atoms with Gasteiger partial charge in [-0.15, -0.1) is 0 Å². The van der Waals surface area contributed by atoms with Crippen molar-refractivity contribution in [1.82, 2.24) is 15.1 Å². The number of carbonyl (C=O) groups is 1. The van der Waals surface area contributed by atoms with E-state index in [1.54, 1.807) is 13.2 Å². The quantitative estimate of drug-likeness (QED) is 0.730. The van der Waals surface area contributed by atoms with E-state index in [1.165, 1.54) is 10.7 Å². The van der Waals surface area contributed by atoms with E-state index in [4.69, 9.17) is 4.74 Å². The molecule has 0 bridgehead atoms. The Hall–Kier alpha value is -3.41. The first-order chi connectivity index (χ1) is 13.1. The zero-order chi connectivity index (χ0) is 19.2. The molecule has 2 aromatic carbocycles. The molecule has 0 spiro atoms. The molecule has 0 atom stereocenters. The van der Waals surface area contributed by atoms with Crippen LogP contribution in [0.2, 0.25) is 0 Å². The summed E-state index contributed by atoms with van der Waals surface area (Å²) in [6.45, 7) is 2.19. The molecule has 0 saturated carbocycles. The first-order valence-electron chi connectivity index (χ1n) is 8.60. The Morgan fingerprint density at radius 3 is 2.70 bits per heavy atom. The van der Waals surface area contributed by atoms with Crippen LogP contribution in [-0.2, 0) is 17.9 Å². The molecule has 0 radical (unpaired) electrons. The van der Waals surface area contributed by atoms with Gasteiger partial charge in [0.2, 0.25) is 5.91 Å². The van der Waals surface area contributed by atoms with Crippen LogP contribution in [-0.4, -0.2) is 22.8 Å². The highest BCUT2D eigenvalue weighted by molar-refractivity contribution is 5.75. The zero-order valence-electron chi connectivity index (χ0n) is 15.3. The number of ether oxygens (including phenoxy) is 1. The molecular formula is C21H21N3O3. The van der Waals surface area contributed by atoms with Crippen LogP contribution in [0.15, 0.2) is 65.5 Å². The highest BCUT2D eigenvalue weighted by Gasteiger charge is 2.09. The Balaban J connectivity index is 1.71. The number of amides is 1. The second-order valence-electron chi connectivity index (χ2n) is 6.16. The van der Waals surface area contributed by atoms with Crippen molar-refractivity contribution in [3.8, 4) is 17.0 Å². The molecular weight excluding hydrogens is 342 g/mol. The lowest BCUT2D eigenvalue weighted by Crippen LogP contribution is -2.33. The number of benzene rings is 2. The fourth-order valence-corrected chi connectivity index (χ4v) is 2.74. The van der Waals surface area contributed by atoms with E-state index in [9.17, 15) is 9.59 Å². The summed E-state index contributed by atoms with van der Waals surface area (Å²) >= 11 is 0. The largest absolute Gasteiger partial charge is 0.497 e. The number of methoxy groups -OCH3 is 1. The summed E-state index contributed by atoms with van der Waals surface area (Å²) < 4.78 is 6.35. The maximum atomic E-state index is 12.3. The van der Waals surface area contributed by atoms with Gasteiger partial charge in [0.05, 0.1) is 12.8 Å². The van der Waals surface area contributed by atoms with Gasteiger partial charge in [0.1, 0.15) is 12.3 Å². The van der Waals surface area contributed by atoms with E-state index in [2.05, 4.69) is 10.4 Å². The molecule has 1 N–H and O–H groups in total. The van der Waals surface area contributed by atoms with E-state index in [1.807, 2.05) is 55.5 Å². The van der Waals surface area contributed by atoms with Crippen molar-refractivity contribution in [3.63, 3.8) is 0 Å². The number of nitrogens with one attached hydrogen (secondary N) is 1. The molecule has 0 saturated heterocycles. The number of hydrogen-bond acceptors (Lipinski definition) is 4. The van der Waals surface area contributed by atoms with Gasteiger partial charge in [0.25, 0.3) is 5.56 Å². The fraction of sp³-hybridized carbons (Fsp3) is 0.190. The van der Waals surface area contributed by atoms with E-state index in [0.29, 0.717) is 12.2 Å². The smallest absolute Gasteiger partial charge is 0.267 e. The molecule has 138 valence electrons. The maximum absolute atomic E-state index is 12.3. The number of aromatic nitrogens is 2. The predicted octanol–water partition coefficient (Wildman–Crippen LogP) is 2.54. The van der Waals surface area contributed by atoms with Crippen LogP contribution in [0.3, 0.4) is 0 Å². The van der Waals surface area contributed by atoms with E-state index < -0.39 is 0 Å². The average Bonchev–Trinajstić information content (AvgIpc) is 2.69. The molecule has 1 heterocycles. The summed E-state index contributed by atoms with van der Waals surface area (Å²) in [4.78, 5) is 24.3. The Morgan fingerprint density at radius 2 is 1.93 bits per heavy atom. The van der Waals surface area contributed by atoms with Gasteiger partial charge in [-0.05, 0) is 36.2 Å². The molecule has 0 fully saturated rings. The van der Waals surface area contributed by atoms with Gasteiger partial charge in [-0.2, -0.15) is 5.10 Å². The fourth-order valence-electron chi connectivity index (χ4n) is 2.74. The minimum atomic E-state index is -0.316. The summed E-state index contributed by atoms with van der Waals surface area (Å²) in [6.07, 6.45) is 0. The highest BCUT2D eigenvalue weighted by atomic mass is 16.5. The Bertz CT molecular complexity index is 1010. The molecule has 1 amide bonds. The molecule has 3 aromatic rings. The van der Waals surface area contributed by atoms with Crippen molar-refractivity contribution in [3.05, 3.63) is 82.1 Å². The molecule has 0 aliphatic carbocycles. The lowest BCUT2D eigenvalue weighted by atomic mass is 10.1. The third kappa shape index (κ3) is 4.61. The number of carbonyl (C=O) groups excluding carboxylic acids is 1.